The highest BCUT2D eigenvalue weighted by Gasteiger charge is 2.14. The van der Waals surface area contributed by atoms with Crippen molar-refractivity contribution in [2.45, 2.75) is 37.5 Å². The summed E-state index contributed by atoms with van der Waals surface area (Å²) in [6.07, 6.45) is 1.20. The fourth-order valence-electron chi connectivity index (χ4n) is 3.23. The van der Waals surface area contributed by atoms with E-state index in [2.05, 4.69) is 0 Å². The number of benzene rings is 1. The van der Waals surface area contributed by atoms with Crippen molar-refractivity contribution in [3.63, 3.8) is 0 Å². The predicted octanol–water partition coefficient (Wildman–Crippen LogP) is 2.00. The zero-order valence-electron chi connectivity index (χ0n) is 25.6. The summed E-state index contributed by atoms with van der Waals surface area (Å²) in [6, 6.07) is 6.44. The van der Waals surface area contributed by atoms with Gasteiger partial charge in [-0.1, -0.05) is 17.7 Å². The van der Waals surface area contributed by atoms with Crippen LogP contribution in [0.25, 0.3) is 0 Å². The number of carbonyl (C=O) groups is 2. The van der Waals surface area contributed by atoms with Crippen LogP contribution in [0.4, 0.5) is 0 Å². The molecule has 0 spiro atoms. The van der Waals surface area contributed by atoms with Crippen LogP contribution in [0.2, 0.25) is 0 Å². The fourth-order valence-corrected chi connectivity index (χ4v) is 4.12. The van der Waals surface area contributed by atoms with Gasteiger partial charge < -0.3 is 43.0 Å². The molecule has 0 fully saturated rings. The summed E-state index contributed by atoms with van der Waals surface area (Å²) in [5.41, 5.74) is 0.967. The van der Waals surface area contributed by atoms with Crippen LogP contribution in [-0.2, 0) is 61.8 Å². The number of unbranched alkanes of at least 4 members (excludes halogenated alkanes) is 1. The third kappa shape index (κ3) is 24.2. The molecular weight excluding hydrogens is 604 g/mol. The molecule has 1 aromatic rings. The topological polar surface area (TPSA) is 172 Å². The maximum Gasteiger partial charge on any atom is 0.305 e. The van der Waals surface area contributed by atoms with Gasteiger partial charge in [-0.25, -0.2) is 0 Å². The third-order valence-corrected chi connectivity index (χ3v) is 6.85. The molecule has 1 N–H and O–H groups in total. The van der Waals surface area contributed by atoms with Crippen molar-refractivity contribution in [2.24, 2.45) is 0 Å². The van der Waals surface area contributed by atoms with Crippen molar-refractivity contribution < 1.29 is 65.2 Å². The molecule has 0 amide bonds. The van der Waals surface area contributed by atoms with Crippen molar-refractivity contribution >= 4 is 22.1 Å². The molecule has 0 unspecified atom stereocenters. The van der Waals surface area contributed by atoms with Crippen LogP contribution in [0.3, 0.4) is 0 Å². The Hall–Kier alpha value is -2.21. The summed E-state index contributed by atoms with van der Waals surface area (Å²) in [4.78, 5) is 22.0. The van der Waals surface area contributed by atoms with Gasteiger partial charge in [0.2, 0.25) is 0 Å². The number of aliphatic carboxylic acids is 1. The lowest BCUT2D eigenvalue weighted by atomic mass is 10.2. The van der Waals surface area contributed by atoms with Gasteiger partial charge in [0.05, 0.1) is 104 Å². The van der Waals surface area contributed by atoms with Crippen LogP contribution in [-0.4, -0.2) is 131 Å². The van der Waals surface area contributed by atoms with E-state index in [4.69, 9.17) is 47.2 Å². The molecule has 1 rings (SSSR count). The monoisotopic (exact) mass is 652 g/mol. The Morgan fingerprint density at radius 3 is 1.34 bits per heavy atom. The van der Waals surface area contributed by atoms with Gasteiger partial charge in [0.25, 0.3) is 10.1 Å². The average molecular weight is 653 g/mol. The number of hydrogen-bond acceptors (Lipinski definition) is 13. The van der Waals surface area contributed by atoms with E-state index in [-0.39, 0.29) is 50.1 Å². The van der Waals surface area contributed by atoms with Gasteiger partial charge in [-0.15, -0.1) is 0 Å². The van der Waals surface area contributed by atoms with Gasteiger partial charge in [-0.3, -0.25) is 13.8 Å². The molecule has 14 nitrogen and oxygen atoms in total. The normalized spacial score (nSPS) is 11.6. The van der Waals surface area contributed by atoms with Gasteiger partial charge in [-0.2, -0.15) is 8.42 Å². The molecule has 0 saturated carbocycles. The summed E-state index contributed by atoms with van der Waals surface area (Å²) in [5.74, 6) is -1.23. The third-order valence-electron chi connectivity index (χ3n) is 5.52. The highest BCUT2D eigenvalue weighted by atomic mass is 32.2. The Kier molecular flexibility index (Phi) is 24.5. The van der Waals surface area contributed by atoms with Crippen LogP contribution in [0.5, 0.6) is 0 Å². The summed E-state index contributed by atoms with van der Waals surface area (Å²) in [5, 5.41) is 8.54. The van der Waals surface area contributed by atoms with Crippen molar-refractivity contribution in [3.05, 3.63) is 29.8 Å². The molecule has 0 saturated heterocycles. The molecular formula is C29H48O14S. The lowest BCUT2D eigenvalue weighted by molar-refractivity contribution is -0.146. The predicted molar refractivity (Wildman–Crippen MR) is 157 cm³/mol. The molecule has 44 heavy (non-hydrogen) atoms. The Balaban J connectivity index is 1.73. The first kappa shape index (κ1) is 39.8. The number of carbonyl (C=O) groups excluding carboxylic acids is 1. The number of carboxylic acid groups (broad SMARTS) is 1. The van der Waals surface area contributed by atoms with E-state index in [1.54, 1.807) is 12.1 Å². The van der Waals surface area contributed by atoms with E-state index in [9.17, 15) is 18.0 Å². The van der Waals surface area contributed by atoms with Crippen LogP contribution < -0.4 is 0 Å². The van der Waals surface area contributed by atoms with Crippen molar-refractivity contribution in [3.8, 4) is 0 Å². The number of ether oxygens (including phenoxy) is 8. The summed E-state index contributed by atoms with van der Waals surface area (Å²) in [6.45, 7) is 7.23. The zero-order valence-corrected chi connectivity index (χ0v) is 26.4. The number of esters is 1. The molecule has 0 aliphatic rings. The SMILES string of the molecule is Cc1ccc(S(=O)(=O)OCCOCCOCCOCCOCCOCCOCCOCCOC(=O)CCCCC(=O)O)cc1. The second-order valence-electron chi connectivity index (χ2n) is 9.20. The molecule has 0 radical (unpaired) electrons. The van der Waals surface area contributed by atoms with Crippen molar-refractivity contribution in [1.29, 1.82) is 0 Å². The Morgan fingerprint density at radius 2 is 0.932 bits per heavy atom. The average Bonchev–Trinajstić information content (AvgIpc) is 2.99. The largest absolute Gasteiger partial charge is 0.481 e. The van der Waals surface area contributed by atoms with E-state index >= 15 is 0 Å². The van der Waals surface area contributed by atoms with Gasteiger partial charge in [-0.05, 0) is 31.9 Å². The summed E-state index contributed by atoms with van der Waals surface area (Å²) >= 11 is 0. The van der Waals surface area contributed by atoms with Gasteiger partial charge in [0.15, 0.2) is 0 Å². The van der Waals surface area contributed by atoms with Crippen LogP contribution in [0.15, 0.2) is 29.2 Å². The minimum Gasteiger partial charge on any atom is -0.481 e. The minimum atomic E-state index is -3.78. The maximum atomic E-state index is 12.1. The molecule has 1 aromatic carbocycles. The molecule has 0 bridgehead atoms. The van der Waals surface area contributed by atoms with Crippen molar-refractivity contribution in [1.82, 2.24) is 0 Å². The Labute approximate surface area is 260 Å². The first-order chi connectivity index (χ1) is 21.3. The van der Waals surface area contributed by atoms with E-state index in [1.807, 2.05) is 6.92 Å². The quantitative estimate of drug-likeness (QED) is 0.0701. The highest BCUT2D eigenvalue weighted by Crippen LogP contribution is 2.12. The molecule has 15 heteroatoms. The number of rotatable bonds is 31. The smallest absolute Gasteiger partial charge is 0.305 e. The highest BCUT2D eigenvalue weighted by molar-refractivity contribution is 7.86. The molecule has 0 aliphatic heterocycles. The Morgan fingerprint density at radius 1 is 0.568 bits per heavy atom. The molecule has 0 aromatic heterocycles. The zero-order chi connectivity index (χ0) is 32.1. The lowest BCUT2D eigenvalue weighted by Crippen LogP contribution is -2.16. The van der Waals surface area contributed by atoms with Gasteiger partial charge in [0, 0.05) is 12.8 Å². The van der Waals surface area contributed by atoms with E-state index < -0.39 is 16.1 Å². The van der Waals surface area contributed by atoms with Crippen LogP contribution >= 0.6 is 0 Å². The van der Waals surface area contributed by atoms with Crippen LogP contribution in [0.1, 0.15) is 31.2 Å². The van der Waals surface area contributed by atoms with E-state index in [0.29, 0.717) is 92.1 Å². The second kappa shape index (κ2) is 27.1. The van der Waals surface area contributed by atoms with Gasteiger partial charge >= 0.3 is 11.9 Å². The molecule has 0 aliphatic carbocycles. The maximum absolute atomic E-state index is 12.1. The first-order valence-corrected chi connectivity index (χ1v) is 16.1. The first-order valence-electron chi connectivity index (χ1n) is 14.7. The Bertz CT molecular complexity index is 955. The standard InChI is InChI=1S/C29H48O14S/c1-26-6-8-27(9-7-26)44(33,34)43-25-23-41-21-19-39-17-15-37-13-11-35-10-12-36-14-16-38-18-20-40-22-24-42-29(32)5-3-2-4-28(30)31/h6-9H,2-5,10-25H2,1H3,(H,30,31). The second-order valence-corrected chi connectivity index (χ2v) is 10.8. The van der Waals surface area contributed by atoms with E-state index in [1.165, 1.54) is 12.1 Å². The molecule has 0 heterocycles. The summed E-state index contributed by atoms with van der Waals surface area (Å²) in [7, 11) is -3.78. The van der Waals surface area contributed by atoms with Gasteiger partial charge in [0.1, 0.15) is 6.61 Å². The van der Waals surface area contributed by atoms with Crippen molar-refractivity contribution in [2.75, 3.05) is 106 Å². The fraction of sp³-hybridized carbons (Fsp3) is 0.724. The number of hydrogen-bond donors (Lipinski definition) is 1. The minimum absolute atomic E-state index is 0.0530. The number of aryl methyl sites for hydroxylation is 1. The molecule has 254 valence electrons. The molecule has 0 atom stereocenters. The summed E-state index contributed by atoms with van der Waals surface area (Å²) < 4.78 is 71.7. The van der Waals surface area contributed by atoms with E-state index in [0.717, 1.165) is 5.56 Å². The van der Waals surface area contributed by atoms with Crippen LogP contribution in [0, 0.1) is 6.92 Å². The number of carboxylic acids is 1. The lowest BCUT2D eigenvalue weighted by Gasteiger charge is -2.09.